The summed E-state index contributed by atoms with van der Waals surface area (Å²) in [6.07, 6.45) is 3.01. The van der Waals surface area contributed by atoms with Gasteiger partial charge in [-0.15, -0.1) is 0 Å². The summed E-state index contributed by atoms with van der Waals surface area (Å²) in [4.78, 5) is 11.6. The van der Waals surface area contributed by atoms with Crippen molar-refractivity contribution in [1.29, 1.82) is 0 Å². The molecule has 1 rings (SSSR count). The van der Waals surface area contributed by atoms with E-state index in [1.807, 2.05) is 50.3 Å². The van der Waals surface area contributed by atoms with Crippen LogP contribution in [0.4, 0.5) is 0 Å². The molecule has 0 aromatic heterocycles. The summed E-state index contributed by atoms with van der Waals surface area (Å²) in [5, 5.41) is 10.3. The van der Waals surface area contributed by atoms with Gasteiger partial charge in [0.25, 0.3) is 0 Å². The monoisotopic (exact) mass is 348 g/mol. The molecule has 0 unspecified atom stereocenters. The minimum atomic E-state index is -0.408. The van der Waals surface area contributed by atoms with Crippen molar-refractivity contribution in [3.05, 3.63) is 47.5 Å². The van der Waals surface area contributed by atoms with Gasteiger partial charge in [0.15, 0.2) is 0 Å². The fourth-order valence-corrected chi connectivity index (χ4v) is 2.59. The Labute approximate surface area is 151 Å². The first-order valence-corrected chi connectivity index (χ1v) is 9.09. The van der Waals surface area contributed by atoms with Crippen LogP contribution < -0.4 is 0 Å². The summed E-state index contributed by atoms with van der Waals surface area (Å²) < 4.78 is 10.7. The van der Waals surface area contributed by atoms with Crippen LogP contribution in [0.15, 0.2) is 42.0 Å². The Kier molecular flexibility index (Phi) is 10.1. The van der Waals surface area contributed by atoms with Crippen molar-refractivity contribution in [2.24, 2.45) is 11.8 Å². The smallest absolute Gasteiger partial charge is 0.333 e. The fraction of sp³-hybridized carbons (Fsp3) is 0.571. The number of hydrogen-bond acceptors (Lipinski definition) is 4. The second-order valence-corrected chi connectivity index (χ2v) is 6.67. The van der Waals surface area contributed by atoms with Crippen molar-refractivity contribution in [1.82, 2.24) is 0 Å². The number of aliphatic hydroxyl groups excluding tert-OH is 1. The van der Waals surface area contributed by atoms with Crippen LogP contribution in [-0.2, 0) is 20.9 Å². The molecule has 3 atom stereocenters. The molecule has 0 aliphatic carbocycles. The highest BCUT2D eigenvalue weighted by Crippen LogP contribution is 2.17. The fourth-order valence-electron chi connectivity index (χ4n) is 2.59. The minimum Gasteiger partial charge on any atom is -0.463 e. The summed E-state index contributed by atoms with van der Waals surface area (Å²) in [7, 11) is 0. The van der Waals surface area contributed by atoms with E-state index in [2.05, 4.69) is 0 Å². The second kappa shape index (κ2) is 11.8. The molecule has 0 saturated heterocycles. The lowest BCUT2D eigenvalue weighted by molar-refractivity contribution is -0.138. The van der Waals surface area contributed by atoms with Gasteiger partial charge in [-0.2, -0.15) is 0 Å². The zero-order valence-electron chi connectivity index (χ0n) is 15.9. The number of carbonyl (C=O) groups excluding carboxylic acids is 1. The average molecular weight is 348 g/mol. The average Bonchev–Trinajstić information content (AvgIpc) is 2.60. The highest BCUT2D eigenvalue weighted by atomic mass is 16.5. The molecule has 4 heteroatoms. The third-order valence-electron chi connectivity index (χ3n) is 4.20. The number of rotatable bonds is 11. The molecule has 0 saturated carbocycles. The van der Waals surface area contributed by atoms with E-state index in [1.54, 1.807) is 13.8 Å². The molecule has 1 N–H and O–H groups in total. The lowest BCUT2D eigenvalue weighted by atomic mass is 9.95. The molecule has 0 radical (unpaired) electrons. The molecule has 1 aromatic carbocycles. The highest BCUT2D eigenvalue weighted by molar-refractivity contribution is 5.87. The van der Waals surface area contributed by atoms with Crippen molar-refractivity contribution < 1.29 is 19.4 Å². The molecule has 25 heavy (non-hydrogen) atoms. The van der Waals surface area contributed by atoms with E-state index in [0.717, 1.165) is 12.0 Å². The van der Waals surface area contributed by atoms with Crippen LogP contribution in [0.1, 0.15) is 46.1 Å². The Balaban J connectivity index is 2.28. The summed E-state index contributed by atoms with van der Waals surface area (Å²) >= 11 is 0. The Morgan fingerprint density at radius 2 is 1.88 bits per heavy atom. The van der Waals surface area contributed by atoms with Crippen LogP contribution in [0.5, 0.6) is 0 Å². The first kappa shape index (κ1) is 21.4. The molecule has 1 aromatic rings. The molecule has 0 spiro atoms. The van der Waals surface area contributed by atoms with Crippen LogP contribution in [0.3, 0.4) is 0 Å². The second-order valence-electron chi connectivity index (χ2n) is 6.67. The summed E-state index contributed by atoms with van der Waals surface area (Å²) in [6.45, 7) is 9.10. The molecular formula is C21H32O4. The van der Waals surface area contributed by atoms with Crippen LogP contribution in [0.2, 0.25) is 0 Å². The van der Waals surface area contributed by atoms with Crippen molar-refractivity contribution in [3.8, 4) is 0 Å². The third kappa shape index (κ3) is 8.84. The molecule has 140 valence electrons. The van der Waals surface area contributed by atoms with Crippen molar-refractivity contribution in [2.75, 3.05) is 13.2 Å². The maximum atomic E-state index is 11.6. The Morgan fingerprint density at radius 3 is 2.52 bits per heavy atom. The number of ether oxygens (including phenoxy) is 2. The van der Waals surface area contributed by atoms with Crippen LogP contribution in [0.25, 0.3) is 0 Å². The Hall–Kier alpha value is -1.65. The lowest BCUT2D eigenvalue weighted by Crippen LogP contribution is -2.23. The van der Waals surface area contributed by atoms with Gasteiger partial charge in [0.05, 0.1) is 25.9 Å². The van der Waals surface area contributed by atoms with Crippen molar-refractivity contribution in [3.63, 3.8) is 0 Å². The zero-order valence-corrected chi connectivity index (χ0v) is 15.9. The number of aliphatic hydroxyl groups is 1. The standard InChI is InChI=1S/C21H32O4/c1-5-25-21(23)17(3)13-16(2)11-12-20(22)18(4)14-24-15-19-9-7-6-8-10-19/h6-10,13,16,18,20,22H,5,11-12,14-15H2,1-4H3/b17-13-/t16-,18+,20-/m0/s1. The molecule has 0 aliphatic rings. The van der Waals surface area contributed by atoms with Crippen molar-refractivity contribution in [2.45, 2.75) is 53.2 Å². The lowest BCUT2D eigenvalue weighted by Gasteiger charge is -2.20. The van der Waals surface area contributed by atoms with E-state index in [-0.39, 0.29) is 17.8 Å². The van der Waals surface area contributed by atoms with Gasteiger partial charge in [-0.25, -0.2) is 4.79 Å². The molecule has 0 aliphatic heterocycles. The normalized spacial score (nSPS) is 15.5. The molecule has 4 nitrogen and oxygen atoms in total. The van der Waals surface area contributed by atoms with Gasteiger partial charge in [-0.05, 0) is 38.2 Å². The van der Waals surface area contributed by atoms with Crippen molar-refractivity contribution >= 4 is 5.97 Å². The van der Waals surface area contributed by atoms with E-state index < -0.39 is 6.10 Å². The quantitative estimate of drug-likeness (QED) is 0.483. The van der Waals surface area contributed by atoms with E-state index >= 15 is 0 Å². The van der Waals surface area contributed by atoms with Gasteiger partial charge >= 0.3 is 5.97 Å². The van der Waals surface area contributed by atoms with Crippen LogP contribution in [-0.4, -0.2) is 30.4 Å². The van der Waals surface area contributed by atoms with Gasteiger partial charge in [0.2, 0.25) is 0 Å². The van der Waals surface area contributed by atoms with Gasteiger partial charge in [0.1, 0.15) is 0 Å². The maximum Gasteiger partial charge on any atom is 0.333 e. The number of esters is 1. The third-order valence-corrected chi connectivity index (χ3v) is 4.20. The van der Waals surface area contributed by atoms with E-state index in [0.29, 0.717) is 31.8 Å². The molecule has 0 amide bonds. The molecular weight excluding hydrogens is 316 g/mol. The Bertz CT molecular complexity index is 524. The van der Waals surface area contributed by atoms with E-state index in [1.165, 1.54) is 0 Å². The number of hydrogen-bond donors (Lipinski definition) is 1. The molecule has 0 fully saturated rings. The number of carbonyl (C=O) groups is 1. The van der Waals surface area contributed by atoms with Gasteiger partial charge < -0.3 is 14.6 Å². The predicted octanol–water partition coefficient (Wildman–Crippen LogP) is 4.13. The first-order valence-electron chi connectivity index (χ1n) is 9.09. The van der Waals surface area contributed by atoms with Crippen LogP contribution >= 0.6 is 0 Å². The highest BCUT2D eigenvalue weighted by Gasteiger charge is 2.16. The van der Waals surface area contributed by atoms with E-state index in [9.17, 15) is 9.90 Å². The summed E-state index contributed by atoms with van der Waals surface area (Å²) in [6, 6.07) is 10.0. The maximum absolute atomic E-state index is 11.6. The molecule has 0 heterocycles. The van der Waals surface area contributed by atoms with E-state index in [4.69, 9.17) is 9.47 Å². The summed E-state index contributed by atoms with van der Waals surface area (Å²) in [5.74, 6) is 0.0279. The van der Waals surface area contributed by atoms with Gasteiger partial charge in [-0.1, -0.05) is 50.3 Å². The zero-order chi connectivity index (χ0) is 18.7. The first-order chi connectivity index (χ1) is 11.9. The predicted molar refractivity (Wildman–Crippen MR) is 100 cm³/mol. The number of allylic oxidation sites excluding steroid dienone is 1. The number of benzene rings is 1. The minimum absolute atomic E-state index is 0.0750. The molecule has 0 bridgehead atoms. The van der Waals surface area contributed by atoms with Crippen LogP contribution in [0, 0.1) is 11.8 Å². The topological polar surface area (TPSA) is 55.8 Å². The Morgan fingerprint density at radius 1 is 1.20 bits per heavy atom. The van der Waals surface area contributed by atoms with Gasteiger partial charge in [-0.3, -0.25) is 0 Å². The largest absolute Gasteiger partial charge is 0.463 e. The SMILES string of the molecule is CCOC(=O)/C(C)=C\[C@@H](C)CC[C@H](O)[C@H](C)COCc1ccccc1. The van der Waals surface area contributed by atoms with Gasteiger partial charge in [0, 0.05) is 11.5 Å². The summed E-state index contributed by atoms with van der Waals surface area (Å²) in [5.41, 5.74) is 1.76.